The Morgan fingerprint density at radius 2 is 1.83 bits per heavy atom. The van der Waals surface area contributed by atoms with E-state index in [-0.39, 0.29) is 5.54 Å². The highest BCUT2D eigenvalue weighted by atomic mass is 15.2. The normalized spacial score (nSPS) is 12.8. The molecule has 1 heterocycles. The molecule has 0 spiro atoms. The molecule has 0 saturated carbocycles. The third-order valence-corrected chi connectivity index (χ3v) is 2.78. The second-order valence-corrected chi connectivity index (χ2v) is 7.15. The van der Waals surface area contributed by atoms with Crippen LogP contribution >= 0.6 is 0 Å². The quantitative estimate of drug-likeness (QED) is 0.848. The second kappa shape index (κ2) is 5.33. The fraction of sp³-hybridized carbons (Fsp3) is 0.800. The summed E-state index contributed by atoms with van der Waals surface area (Å²) in [6.45, 7) is 16.6. The summed E-state index contributed by atoms with van der Waals surface area (Å²) >= 11 is 0. The van der Waals surface area contributed by atoms with Crippen LogP contribution in [0.2, 0.25) is 0 Å². The van der Waals surface area contributed by atoms with Gasteiger partial charge >= 0.3 is 0 Å². The molecule has 104 valence electrons. The van der Waals surface area contributed by atoms with Gasteiger partial charge in [0.25, 0.3) is 0 Å². The molecular formula is C15H29N3. The SMILES string of the molecule is CCCn1cc(C)nc1NC(C)(C)CC(C)(C)C. The molecule has 0 aliphatic carbocycles. The smallest absolute Gasteiger partial charge is 0.203 e. The maximum absolute atomic E-state index is 4.60. The number of imidazole rings is 1. The number of aromatic nitrogens is 2. The van der Waals surface area contributed by atoms with Crippen molar-refractivity contribution >= 4 is 5.95 Å². The molecule has 0 radical (unpaired) electrons. The monoisotopic (exact) mass is 251 g/mol. The molecule has 3 heteroatoms. The van der Waals surface area contributed by atoms with Crippen molar-refractivity contribution in [3.63, 3.8) is 0 Å². The van der Waals surface area contributed by atoms with Gasteiger partial charge in [-0.05, 0) is 39.0 Å². The molecule has 1 rings (SSSR count). The molecule has 18 heavy (non-hydrogen) atoms. The van der Waals surface area contributed by atoms with Gasteiger partial charge in [-0.3, -0.25) is 0 Å². The minimum absolute atomic E-state index is 0.0571. The van der Waals surface area contributed by atoms with Gasteiger partial charge in [-0.2, -0.15) is 0 Å². The fourth-order valence-electron chi connectivity index (χ4n) is 2.73. The average molecular weight is 251 g/mol. The van der Waals surface area contributed by atoms with E-state index < -0.39 is 0 Å². The molecule has 1 aromatic heterocycles. The first kappa shape index (κ1) is 15.1. The first-order chi connectivity index (χ1) is 8.13. The predicted molar refractivity (Wildman–Crippen MR) is 79.0 cm³/mol. The predicted octanol–water partition coefficient (Wildman–Crippen LogP) is 4.23. The minimum atomic E-state index is 0.0571. The maximum Gasteiger partial charge on any atom is 0.203 e. The summed E-state index contributed by atoms with van der Waals surface area (Å²) in [5.74, 6) is 1.00. The van der Waals surface area contributed by atoms with Gasteiger partial charge in [0, 0.05) is 18.3 Å². The van der Waals surface area contributed by atoms with E-state index in [9.17, 15) is 0 Å². The van der Waals surface area contributed by atoms with Gasteiger partial charge in [0.1, 0.15) is 0 Å². The molecular weight excluding hydrogens is 222 g/mol. The van der Waals surface area contributed by atoms with Crippen LogP contribution < -0.4 is 5.32 Å². The molecule has 1 aromatic rings. The van der Waals surface area contributed by atoms with Crippen LogP contribution in [0.4, 0.5) is 5.95 Å². The third kappa shape index (κ3) is 4.71. The van der Waals surface area contributed by atoms with E-state index >= 15 is 0 Å². The van der Waals surface area contributed by atoms with Crippen LogP contribution in [-0.4, -0.2) is 15.1 Å². The molecule has 0 unspecified atom stereocenters. The Morgan fingerprint density at radius 3 is 2.33 bits per heavy atom. The van der Waals surface area contributed by atoms with E-state index in [0.29, 0.717) is 5.41 Å². The minimum Gasteiger partial charge on any atom is -0.351 e. The zero-order valence-electron chi connectivity index (χ0n) is 13.1. The van der Waals surface area contributed by atoms with Crippen LogP contribution in [0, 0.1) is 12.3 Å². The number of rotatable bonds is 5. The first-order valence-electron chi connectivity index (χ1n) is 6.95. The number of aryl methyl sites for hydroxylation is 2. The van der Waals surface area contributed by atoms with E-state index in [4.69, 9.17) is 0 Å². The zero-order chi connectivity index (χ0) is 14.0. The summed E-state index contributed by atoms with van der Waals surface area (Å²) < 4.78 is 2.22. The highest BCUT2D eigenvalue weighted by Gasteiger charge is 2.26. The summed E-state index contributed by atoms with van der Waals surface area (Å²) in [7, 11) is 0. The average Bonchev–Trinajstić information content (AvgIpc) is 2.41. The standard InChI is InChI=1S/C15H29N3/c1-8-9-18-10-12(2)16-13(18)17-15(6,7)11-14(3,4)5/h10H,8-9,11H2,1-7H3,(H,16,17). The van der Waals surface area contributed by atoms with E-state index in [1.54, 1.807) is 0 Å². The Kier molecular flexibility index (Phi) is 4.46. The zero-order valence-corrected chi connectivity index (χ0v) is 13.1. The Morgan fingerprint density at radius 1 is 1.22 bits per heavy atom. The van der Waals surface area contributed by atoms with Crippen LogP contribution in [-0.2, 0) is 6.54 Å². The lowest BCUT2D eigenvalue weighted by molar-refractivity contribution is 0.301. The van der Waals surface area contributed by atoms with Crippen molar-refractivity contribution in [2.45, 2.75) is 73.4 Å². The van der Waals surface area contributed by atoms with Gasteiger partial charge in [0.05, 0.1) is 5.69 Å². The number of hydrogen-bond acceptors (Lipinski definition) is 2. The Labute approximate surface area is 112 Å². The molecule has 0 bridgehead atoms. The second-order valence-electron chi connectivity index (χ2n) is 7.15. The first-order valence-corrected chi connectivity index (χ1v) is 6.95. The summed E-state index contributed by atoms with van der Waals surface area (Å²) in [6, 6.07) is 0. The molecule has 0 saturated heterocycles. The molecule has 0 fully saturated rings. The van der Waals surface area contributed by atoms with Gasteiger partial charge in [0.15, 0.2) is 0 Å². The van der Waals surface area contributed by atoms with Crippen molar-refractivity contribution in [3.8, 4) is 0 Å². The number of nitrogens with one attached hydrogen (secondary N) is 1. The third-order valence-electron chi connectivity index (χ3n) is 2.78. The van der Waals surface area contributed by atoms with Crippen molar-refractivity contribution in [1.82, 2.24) is 9.55 Å². The van der Waals surface area contributed by atoms with Crippen molar-refractivity contribution < 1.29 is 0 Å². The summed E-state index contributed by atoms with van der Waals surface area (Å²) in [5.41, 5.74) is 1.45. The van der Waals surface area contributed by atoms with Crippen LogP contribution in [0.1, 0.15) is 60.1 Å². The van der Waals surface area contributed by atoms with Crippen LogP contribution in [0.25, 0.3) is 0 Å². The topological polar surface area (TPSA) is 29.9 Å². The van der Waals surface area contributed by atoms with Crippen LogP contribution in [0.3, 0.4) is 0 Å². The lowest BCUT2D eigenvalue weighted by Crippen LogP contribution is -2.36. The highest BCUT2D eigenvalue weighted by molar-refractivity contribution is 5.32. The molecule has 0 amide bonds. The summed E-state index contributed by atoms with van der Waals surface area (Å²) in [4.78, 5) is 4.60. The fourth-order valence-corrected chi connectivity index (χ4v) is 2.73. The molecule has 0 aliphatic rings. The summed E-state index contributed by atoms with van der Waals surface area (Å²) in [6.07, 6.45) is 4.36. The van der Waals surface area contributed by atoms with E-state index in [2.05, 4.69) is 62.6 Å². The molecule has 0 atom stereocenters. The van der Waals surface area contributed by atoms with E-state index in [0.717, 1.165) is 31.0 Å². The molecule has 1 N–H and O–H groups in total. The van der Waals surface area contributed by atoms with E-state index in [1.165, 1.54) is 0 Å². The van der Waals surface area contributed by atoms with Gasteiger partial charge in [0.2, 0.25) is 5.95 Å². The van der Waals surface area contributed by atoms with Crippen molar-refractivity contribution in [2.75, 3.05) is 5.32 Å². The van der Waals surface area contributed by atoms with Crippen LogP contribution in [0.5, 0.6) is 0 Å². The van der Waals surface area contributed by atoms with Crippen molar-refractivity contribution in [1.29, 1.82) is 0 Å². The van der Waals surface area contributed by atoms with Gasteiger partial charge in [-0.1, -0.05) is 27.7 Å². The van der Waals surface area contributed by atoms with Crippen LogP contribution in [0.15, 0.2) is 6.20 Å². The largest absolute Gasteiger partial charge is 0.351 e. The molecule has 0 aromatic carbocycles. The number of anilines is 1. The van der Waals surface area contributed by atoms with E-state index in [1.807, 2.05) is 6.92 Å². The summed E-state index contributed by atoms with van der Waals surface area (Å²) in [5, 5.41) is 3.60. The van der Waals surface area contributed by atoms with Gasteiger partial charge in [-0.25, -0.2) is 4.98 Å². The molecule has 0 aliphatic heterocycles. The lowest BCUT2D eigenvalue weighted by Gasteiger charge is -2.33. The van der Waals surface area contributed by atoms with Gasteiger partial charge in [-0.15, -0.1) is 0 Å². The van der Waals surface area contributed by atoms with Gasteiger partial charge < -0.3 is 9.88 Å². The Bertz CT molecular complexity index is 383. The van der Waals surface area contributed by atoms with Crippen molar-refractivity contribution in [3.05, 3.63) is 11.9 Å². The number of hydrogen-bond donors (Lipinski definition) is 1. The molecule has 3 nitrogen and oxygen atoms in total. The lowest BCUT2D eigenvalue weighted by atomic mass is 9.82. The maximum atomic E-state index is 4.60. The Balaban J connectivity index is 2.82. The van der Waals surface area contributed by atoms with Crippen molar-refractivity contribution in [2.24, 2.45) is 5.41 Å². The highest BCUT2D eigenvalue weighted by Crippen LogP contribution is 2.29. The number of nitrogens with zero attached hydrogens (tertiary/aromatic N) is 2. The Hall–Kier alpha value is -0.990.